The minimum Gasteiger partial charge on any atom is -0.397 e. The summed E-state index contributed by atoms with van der Waals surface area (Å²) >= 11 is 6.38. The first kappa shape index (κ1) is 17.2. The Morgan fingerprint density at radius 2 is 2.08 bits per heavy atom. The second kappa shape index (κ2) is 6.83. The van der Waals surface area contributed by atoms with E-state index in [9.17, 15) is 4.79 Å². The second-order valence-corrected chi connectivity index (χ2v) is 8.65. The molecule has 4 aromatic rings. The fourth-order valence-electron chi connectivity index (χ4n) is 2.67. The van der Waals surface area contributed by atoms with Gasteiger partial charge in [0.1, 0.15) is 9.71 Å². The van der Waals surface area contributed by atoms with E-state index in [0.29, 0.717) is 10.6 Å². The van der Waals surface area contributed by atoms with Crippen LogP contribution in [-0.2, 0) is 0 Å². The largest absolute Gasteiger partial charge is 0.397 e. The number of hydrogen-bond donors (Lipinski definition) is 2. The number of amides is 1. The van der Waals surface area contributed by atoms with E-state index in [1.165, 1.54) is 11.3 Å². The maximum absolute atomic E-state index is 12.7. The number of anilines is 2. The highest BCUT2D eigenvalue weighted by molar-refractivity contribution is 9.10. The van der Waals surface area contributed by atoms with Crippen molar-refractivity contribution in [1.29, 1.82) is 0 Å². The van der Waals surface area contributed by atoms with E-state index in [1.54, 1.807) is 11.3 Å². The van der Waals surface area contributed by atoms with Gasteiger partial charge in [0, 0.05) is 15.5 Å². The molecule has 0 bridgehead atoms. The van der Waals surface area contributed by atoms with Gasteiger partial charge in [-0.15, -0.1) is 22.7 Å². The molecule has 0 aliphatic heterocycles. The second-order valence-electron chi connectivity index (χ2n) is 5.78. The molecule has 0 atom stereocenters. The van der Waals surface area contributed by atoms with E-state index in [4.69, 9.17) is 5.73 Å². The van der Waals surface area contributed by atoms with Crippen LogP contribution in [0.3, 0.4) is 0 Å². The van der Waals surface area contributed by atoms with Crippen LogP contribution >= 0.6 is 38.6 Å². The number of carbonyl (C=O) groups excluding carboxylic acids is 1. The first-order valence-corrected chi connectivity index (χ1v) is 10.3. The zero-order valence-corrected chi connectivity index (χ0v) is 17.0. The zero-order chi connectivity index (χ0) is 18.3. The number of benzene rings is 1. The Kier molecular flexibility index (Phi) is 4.52. The van der Waals surface area contributed by atoms with Crippen molar-refractivity contribution in [1.82, 2.24) is 4.98 Å². The summed E-state index contributed by atoms with van der Waals surface area (Å²) < 4.78 is 0.972. The van der Waals surface area contributed by atoms with Crippen LogP contribution in [0.15, 0.2) is 52.3 Å². The molecule has 0 fully saturated rings. The van der Waals surface area contributed by atoms with Gasteiger partial charge in [-0.05, 0) is 54.3 Å². The molecular formula is C19H14BrN3OS2. The summed E-state index contributed by atoms with van der Waals surface area (Å²) in [5.41, 5.74) is 9.34. The molecular weight excluding hydrogens is 430 g/mol. The van der Waals surface area contributed by atoms with Gasteiger partial charge in [0.2, 0.25) is 0 Å². The molecule has 0 unspecified atom stereocenters. The topological polar surface area (TPSA) is 68.0 Å². The quantitative estimate of drug-likeness (QED) is 0.412. The third-order valence-electron chi connectivity index (χ3n) is 4.01. The average Bonchev–Trinajstić information content (AvgIpc) is 3.25. The molecule has 4 rings (SSSR count). The van der Waals surface area contributed by atoms with Crippen molar-refractivity contribution in [2.75, 3.05) is 11.1 Å². The number of nitrogens with zero attached hydrogens (tertiary/aromatic N) is 1. The van der Waals surface area contributed by atoms with E-state index >= 15 is 0 Å². The summed E-state index contributed by atoms with van der Waals surface area (Å²) in [7, 11) is 0. The van der Waals surface area contributed by atoms with Crippen molar-refractivity contribution in [3.63, 3.8) is 0 Å². The Hall–Kier alpha value is -2.22. The number of hydrogen-bond acceptors (Lipinski definition) is 5. The van der Waals surface area contributed by atoms with E-state index in [2.05, 4.69) is 26.2 Å². The minimum atomic E-state index is -0.214. The molecule has 3 aromatic heterocycles. The average molecular weight is 444 g/mol. The molecule has 0 saturated carbocycles. The lowest BCUT2D eigenvalue weighted by Gasteiger charge is -2.08. The van der Waals surface area contributed by atoms with Gasteiger partial charge in [-0.3, -0.25) is 4.79 Å². The van der Waals surface area contributed by atoms with E-state index < -0.39 is 0 Å². The number of nitrogens with two attached hydrogens (primary N) is 1. The monoisotopic (exact) mass is 443 g/mol. The molecule has 0 spiro atoms. The maximum atomic E-state index is 12.7. The fourth-order valence-corrected chi connectivity index (χ4v) is 4.83. The summed E-state index contributed by atoms with van der Waals surface area (Å²) in [5.74, 6) is -0.214. The zero-order valence-electron chi connectivity index (χ0n) is 13.7. The van der Waals surface area contributed by atoms with Crippen molar-refractivity contribution in [2.24, 2.45) is 0 Å². The summed E-state index contributed by atoms with van der Waals surface area (Å²) in [5, 5.41) is 5.77. The highest BCUT2D eigenvalue weighted by Crippen LogP contribution is 2.35. The van der Waals surface area contributed by atoms with E-state index in [-0.39, 0.29) is 5.91 Å². The Labute approximate surface area is 166 Å². The summed E-state index contributed by atoms with van der Waals surface area (Å²) in [6, 6.07) is 13.6. The molecule has 1 aromatic carbocycles. The van der Waals surface area contributed by atoms with Gasteiger partial charge < -0.3 is 11.1 Å². The lowest BCUT2D eigenvalue weighted by atomic mass is 10.2. The van der Waals surface area contributed by atoms with Gasteiger partial charge in [0.25, 0.3) is 5.91 Å². The molecule has 4 nitrogen and oxygen atoms in total. The number of thiophene rings is 2. The molecule has 0 aliphatic carbocycles. The smallest absolute Gasteiger partial charge is 0.267 e. The Morgan fingerprint density at radius 3 is 2.81 bits per heavy atom. The third kappa shape index (κ3) is 3.13. The SMILES string of the molecule is Cc1cc(Br)ccc1NC(=O)c1sc2nc(-c3cccs3)ccc2c1N. The minimum absolute atomic E-state index is 0.214. The summed E-state index contributed by atoms with van der Waals surface area (Å²) in [6.45, 7) is 1.95. The predicted octanol–water partition coefficient (Wildman–Crippen LogP) is 5.93. The highest BCUT2D eigenvalue weighted by atomic mass is 79.9. The molecule has 0 radical (unpaired) electrons. The highest BCUT2D eigenvalue weighted by Gasteiger charge is 2.18. The van der Waals surface area contributed by atoms with Crippen molar-refractivity contribution < 1.29 is 4.79 Å². The predicted molar refractivity (Wildman–Crippen MR) is 114 cm³/mol. The number of halogens is 1. The first-order chi connectivity index (χ1) is 12.5. The number of pyridine rings is 1. The molecule has 3 heterocycles. The fraction of sp³-hybridized carbons (Fsp3) is 0.0526. The van der Waals surface area contributed by atoms with Crippen LogP contribution in [0.5, 0.6) is 0 Å². The molecule has 0 saturated heterocycles. The summed E-state index contributed by atoms with van der Waals surface area (Å²) in [6.07, 6.45) is 0. The molecule has 0 aliphatic rings. The molecule has 26 heavy (non-hydrogen) atoms. The number of aromatic nitrogens is 1. The van der Waals surface area contributed by atoms with E-state index in [1.807, 2.05) is 54.8 Å². The van der Waals surface area contributed by atoms with E-state index in [0.717, 1.165) is 36.5 Å². The van der Waals surface area contributed by atoms with Crippen LogP contribution in [0.4, 0.5) is 11.4 Å². The lowest BCUT2D eigenvalue weighted by Crippen LogP contribution is -2.12. The van der Waals surface area contributed by atoms with Gasteiger partial charge in [-0.25, -0.2) is 4.98 Å². The Morgan fingerprint density at radius 1 is 1.23 bits per heavy atom. The Balaban J connectivity index is 1.69. The number of nitrogens with one attached hydrogen (secondary N) is 1. The van der Waals surface area contributed by atoms with Crippen LogP contribution in [0.25, 0.3) is 20.8 Å². The van der Waals surface area contributed by atoms with Crippen molar-refractivity contribution >= 4 is 66.1 Å². The molecule has 1 amide bonds. The number of aryl methyl sites for hydroxylation is 1. The standard InChI is InChI=1S/C19H14BrN3OS2/c1-10-9-11(20)4-6-13(10)22-18(24)17-16(21)12-5-7-14(23-19(12)26-17)15-3-2-8-25-15/h2-9H,21H2,1H3,(H,22,24). The third-order valence-corrected chi connectivity index (χ3v) is 6.51. The molecule has 3 N–H and O–H groups in total. The van der Waals surface area contributed by atoms with Gasteiger partial charge in [-0.2, -0.15) is 0 Å². The lowest BCUT2D eigenvalue weighted by molar-refractivity contribution is 0.103. The molecule has 7 heteroatoms. The van der Waals surface area contributed by atoms with Gasteiger partial charge in [0.05, 0.1) is 16.3 Å². The number of nitrogen functional groups attached to an aromatic ring is 1. The number of fused-ring (bicyclic) bond motifs is 1. The van der Waals surface area contributed by atoms with Crippen LogP contribution in [0.2, 0.25) is 0 Å². The first-order valence-electron chi connectivity index (χ1n) is 7.83. The van der Waals surface area contributed by atoms with Crippen LogP contribution in [-0.4, -0.2) is 10.9 Å². The van der Waals surface area contributed by atoms with Gasteiger partial charge in [-0.1, -0.05) is 22.0 Å². The van der Waals surface area contributed by atoms with Gasteiger partial charge in [0.15, 0.2) is 0 Å². The van der Waals surface area contributed by atoms with Gasteiger partial charge >= 0.3 is 0 Å². The van der Waals surface area contributed by atoms with Crippen LogP contribution in [0, 0.1) is 6.92 Å². The number of carbonyl (C=O) groups is 1. The van der Waals surface area contributed by atoms with Crippen molar-refractivity contribution in [2.45, 2.75) is 6.92 Å². The van der Waals surface area contributed by atoms with Crippen LogP contribution < -0.4 is 11.1 Å². The normalized spacial score (nSPS) is 11.0. The van der Waals surface area contributed by atoms with Crippen molar-refractivity contribution in [3.8, 4) is 10.6 Å². The maximum Gasteiger partial charge on any atom is 0.267 e. The van der Waals surface area contributed by atoms with Crippen LogP contribution in [0.1, 0.15) is 15.2 Å². The molecule has 130 valence electrons. The number of rotatable bonds is 3. The summed E-state index contributed by atoms with van der Waals surface area (Å²) in [4.78, 5) is 19.8. The Bertz CT molecular complexity index is 1120. The van der Waals surface area contributed by atoms with Crippen molar-refractivity contribution in [3.05, 3.63) is 62.8 Å².